The number of hydrogen-bond acceptors (Lipinski definition) is 5. The molecule has 0 atom stereocenters. The molecule has 0 aliphatic rings. The molecule has 4 aromatic heterocycles. The molecule has 4 heterocycles. The first-order valence-electron chi connectivity index (χ1n) is 21.1. The molecular weight excluding hydrogens is 629 g/mol. The predicted molar refractivity (Wildman–Crippen MR) is 205 cm³/mol. The minimum absolute atomic E-state index is 0.0570. The fourth-order valence-corrected chi connectivity index (χ4v) is 7.03. The first-order chi connectivity index (χ1) is 29.4. The molecule has 0 aliphatic carbocycles. The van der Waals surface area contributed by atoms with Gasteiger partial charge in [-0.25, -0.2) is 15.0 Å². The first kappa shape index (κ1) is 19.8. The summed E-state index contributed by atoms with van der Waals surface area (Å²) in [5.74, 6) is -0.750. The Bertz CT molecular complexity index is 3600. The van der Waals surface area contributed by atoms with E-state index in [4.69, 9.17) is 22.5 Å². The molecule has 0 saturated heterocycles. The molecule has 0 amide bonds. The third-order valence-corrected chi connectivity index (χ3v) is 9.23. The van der Waals surface area contributed by atoms with Crippen LogP contribution in [-0.2, 0) is 0 Å². The van der Waals surface area contributed by atoms with E-state index >= 15 is 0 Å². The zero-order chi connectivity index (χ0) is 42.2. The molecule has 7 aromatic carbocycles. The van der Waals surface area contributed by atoms with E-state index in [-0.39, 0.29) is 28.6 Å². The molecule has 0 fully saturated rings. The third kappa shape index (κ3) is 4.26. The molecule has 11 rings (SSSR count). The first-order valence-corrected chi connectivity index (χ1v) is 16.1. The summed E-state index contributed by atoms with van der Waals surface area (Å²) < 4.78 is 99.1. The summed E-state index contributed by atoms with van der Waals surface area (Å²) >= 11 is 0. The Morgan fingerprint density at radius 1 is 0.431 bits per heavy atom. The molecule has 6 nitrogen and oxygen atoms in total. The molecule has 0 saturated carbocycles. The van der Waals surface area contributed by atoms with Gasteiger partial charge in [0, 0.05) is 49.7 Å². The smallest absolute Gasteiger partial charge is 0.164 e. The van der Waals surface area contributed by atoms with E-state index < -0.39 is 60.4 Å². The van der Waals surface area contributed by atoms with Gasteiger partial charge >= 0.3 is 0 Å². The molecular formula is C45H26N4O2. The van der Waals surface area contributed by atoms with Crippen LogP contribution in [0.4, 0.5) is 0 Å². The van der Waals surface area contributed by atoms with Crippen LogP contribution < -0.4 is 0 Å². The third-order valence-electron chi connectivity index (χ3n) is 9.23. The van der Waals surface area contributed by atoms with Crippen LogP contribution in [-0.4, -0.2) is 19.5 Å². The van der Waals surface area contributed by atoms with E-state index in [1.807, 2.05) is 54.6 Å². The average molecular weight is 665 g/mol. The Labute approximate surface area is 304 Å². The van der Waals surface area contributed by atoms with Gasteiger partial charge in [-0.3, -0.25) is 0 Å². The van der Waals surface area contributed by atoms with Crippen LogP contribution in [0.5, 0.6) is 0 Å². The monoisotopic (exact) mass is 664 g/mol. The number of benzene rings is 7. The number of fused-ring (bicyclic) bond motifs is 9. The van der Waals surface area contributed by atoms with Crippen molar-refractivity contribution in [2.75, 3.05) is 0 Å². The van der Waals surface area contributed by atoms with E-state index in [0.717, 1.165) is 60.2 Å². The summed E-state index contributed by atoms with van der Waals surface area (Å²) in [6.07, 6.45) is 0. The van der Waals surface area contributed by atoms with E-state index in [2.05, 4.69) is 49.9 Å². The maximum atomic E-state index is 8.66. The predicted octanol–water partition coefficient (Wildman–Crippen LogP) is 11.8. The van der Waals surface area contributed by atoms with Crippen molar-refractivity contribution in [1.29, 1.82) is 0 Å². The average Bonchev–Trinajstić information content (AvgIpc) is 3.94. The number of para-hydroxylation sites is 2. The van der Waals surface area contributed by atoms with Crippen LogP contribution in [0.25, 0.3) is 106 Å². The summed E-state index contributed by atoms with van der Waals surface area (Å²) in [5, 5.41) is 5.77. The lowest BCUT2D eigenvalue weighted by Crippen LogP contribution is -2.00. The summed E-state index contributed by atoms with van der Waals surface area (Å²) in [6, 6.07) is 25.5. The largest absolute Gasteiger partial charge is 0.456 e. The normalized spacial score (nSPS) is 14.7. The maximum Gasteiger partial charge on any atom is 0.164 e. The quantitative estimate of drug-likeness (QED) is 0.187. The van der Waals surface area contributed by atoms with Crippen molar-refractivity contribution in [1.82, 2.24) is 19.5 Å². The zero-order valence-corrected chi connectivity index (χ0v) is 26.3. The summed E-state index contributed by atoms with van der Waals surface area (Å²) in [7, 11) is 0. The fraction of sp³-hybridized carbons (Fsp3) is 0. The zero-order valence-electron chi connectivity index (χ0n) is 36.3. The van der Waals surface area contributed by atoms with Crippen LogP contribution in [0.15, 0.2) is 166 Å². The molecule has 11 aromatic rings. The van der Waals surface area contributed by atoms with E-state index in [0.29, 0.717) is 16.7 Å². The number of furan rings is 2. The lowest BCUT2D eigenvalue weighted by molar-refractivity contribution is 0.669. The minimum Gasteiger partial charge on any atom is -0.456 e. The molecule has 51 heavy (non-hydrogen) atoms. The maximum absolute atomic E-state index is 8.66. The molecule has 0 bridgehead atoms. The van der Waals surface area contributed by atoms with E-state index in [9.17, 15) is 0 Å². The molecule has 0 aliphatic heterocycles. The van der Waals surface area contributed by atoms with Gasteiger partial charge in [0.25, 0.3) is 0 Å². The number of rotatable bonds is 4. The highest BCUT2D eigenvalue weighted by Gasteiger charge is 2.21. The van der Waals surface area contributed by atoms with Crippen LogP contribution in [0, 0.1) is 0 Å². The second-order valence-corrected chi connectivity index (χ2v) is 12.1. The van der Waals surface area contributed by atoms with Crippen molar-refractivity contribution in [2.45, 2.75) is 0 Å². The highest BCUT2D eigenvalue weighted by atomic mass is 16.3. The van der Waals surface area contributed by atoms with E-state index in [1.54, 1.807) is 12.1 Å². The van der Waals surface area contributed by atoms with Gasteiger partial charge in [0.1, 0.15) is 22.3 Å². The van der Waals surface area contributed by atoms with Crippen LogP contribution >= 0.6 is 0 Å². The molecule has 0 radical (unpaired) electrons. The lowest BCUT2D eigenvalue weighted by Gasteiger charge is -2.10. The summed E-state index contributed by atoms with van der Waals surface area (Å²) in [6.45, 7) is 0. The molecule has 0 N–H and O–H groups in total. The Balaban J connectivity index is 1.14. The van der Waals surface area contributed by atoms with Crippen molar-refractivity contribution < 1.29 is 22.5 Å². The topological polar surface area (TPSA) is 69.9 Å². The van der Waals surface area contributed by atoms with Crippen LogP contribution in [0.1, 0.15) is 13.7 Å². The molecule has 0 spiro atoms. The Morgan fingerprint density at radius 3 is 1.82 bits per heavy atom. The highest BCUT2D eigenvalue weighted by molar-refractivity contribution is 6.19. The van der Waals surface area contributed by atoms with Crippen molar-refractivity contribution >= 4 is 65.7 Å². The van der Waals surface area contributed by atoms with Crippen molar-refractivity contribution in [3.8, 4) is 39.9 Å². The van der Waals surface area contributed by atoms with Gasteiger partial charge in [0.05, 0.1) is 35.8 Å². The molecule has 6 heteroatoms. The lowest BCUT2D eigenvalue weighted by atomic mass is 10.1. The van der Waals surface area contributed by atoms with Gasteiger partial charge < -0.3 is 13.4 Å². The van der Waals surface area contributed by atoms with E-state index in [1.165, 1.54) is 0 Å². The fourth-order valence-electron chi connectivity index (χ4n) is 7.03. The Morgan fingerprint density at radius 2 is 1.06 bits per heavy atom. The molecule has 0 unspecified atom stereocenters. The summed E-state index contributed by atoms with van der Waals surface area (Å²) in [4.78, 5) is 13.6. The highest BCUT2D eigenvalue weighted by Crippen LogP contribution is 2.42. The SMILES string of the molecule is [2H]c1c([2H])c([2H])c(-c2nc(-c3ccc4c(c3)oc3cccc(-n5c6ccccc6c6cc7c(cc65)oc5ccccc57)c34)nc(-c3c([2H])c([2H])c([2H])c([2H])c3[2H])n2)c([2H])c1[2H]. The number of hydrogen-bond donors (Lipinski definition) is 0. The van der Waals surface area contributed by atoms with Crippen molar-refractivity contribution in [3.05, 3.63) is 157 Å². The van der Waals surface area contributed by atoms with Crippen molar-refractivity contribution in [3.63, 3.8) is 0 Å². The number of aromatic nitrogens is 4. The second-order valence-electron chi connectivity index (χ2n) is 12.1. The summed E-state index contributed by atoms with van der Waals surface area (Å²) in [5.41, 5.74) is 5.07. The van der Waals surface area contributed by atoms with Crippen molar-refractivity contribution in [2.24, 2.45) is 0 Å². The van der Waals surface area contributed by atoms with Gasteiger partial charge in [-0.05, 0) is 42.5 Å². The Hall–Kier alpha value is -7.05. The van der Waals surface area contributed by atoms with Gasteiger partial charge in [-0.2, -0.15) is 0 Å². The van der Waals surface area contributed by atoms with Gasteiger partial charge in [0.2, 0.25) is 0 Å². The van der Waals surface area contributed by atoms with Crippen LogP contribution in [0.2, 0.25) is 0 Å². The minimum atomic E-state index is -0.618. The van der Waals surface area contributed by atoms with Gasteiger partial charge in [-0.1, -0.05) is 109 Å². The standard InChI is InChI=1S/C45H26N4O2/c1-3-12-27(13-4-1)43-46-44(28-14-5-2-6-15-28)48-45(47-43)29-22-23-32-40(24-29)51-39-21-11-19-36(42(32)39)49-35-18-9-7-16-30(35)33-25-34-31-17-8-10-20-38(31)50-41(34)26-37(33)49/h1-26H/i1D,2D,3D,4D,5D,6D,12D,13D,14D,15D. The second kappa shape index (κ2) is 10.7. The number of nitrogens with zero attached hydrogens (tertiary/aromatic N) is 4. The van der Waals surface area contributed by atoms with Gasteiger partial charge in [-0.15, -0.1) is 0 Å². The van der Waals surface area contributed by atoms with Crippen LogP contribution in [0.3, 0.4) is 0 Å². The Kier molecular flexibility index (Phi) is 4.17. The molecule has 238 valence electrons. The van der Waals surface area contributed by atoms with Gasteiger partial charge in [0.15, 0.2) is 17.5 Å².